The monoisotopic (exact) mass is 346 g/mol. The van der Waals surface area contributed by atoms with E-state index in [0.717, 1.165) is 15.2 Å². The first-order chi connectivity index (χ1) is 12.2. The molecule has 25 heavy (non-hydrogen) atoms. The van der Waals surface area contributed by atoms with Crippen LogP contribution in [-0.4, -0.2) is 10.8 Å². The number of Topliss-reactive ketones (excluding diaryl/α,β-unsaturated/α-hetero) is 1. The number of thiazole rings is 1. The molecule has 0 aliphatic heterocycles. The third-order valence-corrected chi connectivity index (χ3v) is 4.58. The van der Waals surface area contributed by atoms with Crippen molar-refractivity contribution >= 4 is 33.4 Å². The highest BCUT2D eigenvalue weighted by Crippen LogP contribution is 2.31. The number of allylic oxidation sites excluding steroid dienone is 1. The van der Waals surface area contributed by atoms with Crippen molar-refractivity contribution in [1.82, 2.24) is 4.98 Å². The predicted molar refractivity (Wildman–Crippen MR) is 94.0 cm³/mol. The molecule has 0 amide bonds. The van der Waals surface area contributed by atoms with Gasteiger partial charge in [0.25, 0.3) is 0 Å². The van der Waals surface area contributed by atoms with Crippen LogP contribution in [0.4, 0.5) is 0 Å². The normalized spacial score (nSPS) is 11.6. The largest absolute Gasteiger partial charge is 0.461 e. The van der Waals surface area contributed by atoms with E-state index in [4.69, 9.17) is 8.83 Å². The molecule has 120 valence electrons. The van der Waals surface area contributed by atoms with Crippen LogP contribution in [0, 0.1) is 11.3 Å². The number of rotatable bonds is 4. The molecule has 0 spiro atoms. The van der Waals surface area contributed by atoms with Gasteiger partial charge in [-0.15, -0.1) is 11.3 Å². The third-order valence-electron chi connectivity index (χ3n) is 3.53. The number of fused-ring (bicyclic) bond motifs is 1. The molecule has 0 bridgehead atoms. The van der Waals surface area contributed by atoms with Crippen LogP contribution in [0.25, 0.3) is 27.1 Å². The highest BCUT2D eigenvalue weighted by Gasteiger charge is 2.16. The zero-order valence-electron chi connectivity index (χ0n) is 12.8. The molecule has 0 radical (unpaired) electrons. The number of nitriles is 1. The van der Waals surface area contributed by atoms with Crippen LogP contribution in [0.5, 0.6) is 0 Å². The van der Waals surface area contributed by atoms with Crippen LogP contribution < -0.4 is 0 Å². The molecule has 4 aromatic rings. The number of nitrogens with zero attached hydrogens (tertiary/aromatic N) is 2. The molecule has 0 aliphatic carbocycles. The van der Waals surface area contributed by atoms with E-state index in [1.54, 1.807) is 18.2 Å². The summed E-state index contributed by atoms with van der Waals surface area (Å²) in [6.45, 7) is 0. The Kier molecular flexibility index (Phi) is 3.77. The summed E-state index contributed by atoms with van der Waals surface area (Å²) in [7, 11) is 0. The van der Waals surface area contributed by atoms with Gasteiger partial charge in [0.1, 0.15) is 17.4 Å². The first-order valence-electron chi connectivity index (χ1n) is 7.40. The summed E-state index contributed by atoms with van der Waals surface area (Å²) in [5.74, 6) is 0.636. The van der Waals surface area contributed by atoms with Crippen molar-refractivity contribution in [1.29, 1.82) is 5.26 Å². The standard InChI is InChI=1S/C19H10N2O3S/c20-11-12(18(22)15-5-3-9-23-15)10-13-7-8-16(24-13)19-21-14-4-1-2-6-17(14)25-19/h1-10H/b12-10+. The average Bonchev–Trinajstić information content (AvgIpc) is 3.38. The minimum atomic E-state index is -0.481. The fourth-order valence-corrected chi connectivity index (χ4v) is 3.28. The third kappa shape index (κ3) is 2.89. The lowest BCUT2D eigenvalue weighted by molar-refractivity contribution is 0.101. The number of benzene rings is 1. The summed E-state index contributed by atoms with van der Waals surface area (Å²) < 4.78 is 11.8. The highest BCUT2D eigenvalue weighted by atomic mass is 32.1. The van der Waals surface area contributed by atoms with Crippen LogP contribution >= 0.6 is 11.3 Å². The van der Waals surface area contributed by atoms with Gasteiger partial charge in [-0.1, -0.05) is 12.1 Å². The first kappa shape index (κ1) is 15.1. The molecule has 4 rings (SSSR count). The second-order valence-corrected chi connectivity index (χ2v) is 6.20. The van der Waals surface area contributed by atoms with Gasteiger partial charge in [0.15, 0.2) is 16.5 Å². The molecule has 3 heterocycles. The van der Waals surface area contributed by atoms with Gasteiger partial charge in [-0.25, -0.2) is 4.98 Å². The maximum Gasteiger partial charge on any atom is 0.238 e. The number of hydrogen-bond donors (Lipinski definition) is 0. The van der Waals surface area contributed by atoms with Gasteiger partial charge in [-0.05, 0) is 36.4 Å². The smallest absolute Gasteiger partial charge is 0.238 e. The number of carbonyl (C=O) groups excluding carboxylic acids is 1. The van der Waals surface area contributed by atoms with Crippen molar-refractivity contribution in [3.05, 3.63) is 71.9 Å². The Labute approximate surface area is 146 Å². The van der Waals surface area contributed by atoms with E-state index in [9.17, 15) is 10.1 Å². The Morgan fingerprint density at radius 3 is 2.80 bits per heavy atom. The molecule has 5 nitrogen and oxygen atoms in total. The lowest BCUT2D eigenvalue weighted by Gasteiger charge is -1.94. The number of aromatic nitrogens is 1. The molecule has 0 N–H and O–H groups in total. The van der Waals surface area contributed by atoms with E-state index in [1.807, 2.05) is 30.3 Å². The summed E-state index contributed by atoms with van der Waals surface area (Å²) in [4.78, 5) is 16.7. The van der Waals surface area contributed by atoms with Gasteiger partial charge in [-0.3, -0.25) is 4.79 Å². The summed E-state index contributed by atoms with van der Waals surface area (Å²) in [6.07, 6.45) is 2.79. The number of para-hydroxylation sites is 1. The van der Waals surface area contributed by atoms with Crippen LogP contribution in [0.3, 0.4) is 0 Å². The van der Waals surface area contributed by atoms with Crippen LogP contribution in [0.1, 0.15) is 16.3 Å². The van der Waals surface area contributed by atoms with Crippen molar-refractivity contribution in [3.8, 4) is 16.8 Å². The Morgan fingerprint density at radius 2 is 2.04 bits per heavy atom. The Morgan fingerprint density at radius 1 is 1.16 bits per heavy atom. The van der Waals surface area contributed by atoms with Crippen molar-refractivity contribution in [2.45, 2.75) is 0 Å². The van der Waals surface area contributed by atoms with Crippen molar-refractivity contribution < 1.29 is 13.6 Å². The number of carbonyl (C=O) groups is 1. The van der Waals surface area contributed by atoms with Crippen LogP contribution in [-0.2, 0) is 0 Å². The van der Waals surface area contributed by atoms with Crippen LogP contribution in [0.2, 0.25) is 0 Å². The average molecular weight is 346 g/mol. The summed E-state index contributed by atoms with van der Waals surface area (Å²) in [5, 5.41) is 9.99. The summed E-state index contributed by atoms with van der Waals surface area (Å²) in [5.41, 5.74) is 0.849. The van der Waals surface area contributed by atoms with Crippen molar-refractivity contribution in [3.63, 3.8) is 0 Å². The van der Waals surface area contributed by atoms with Crippen LogP contribution in [0.15, 0.2) is 69.2 Å². The van der Waals surface area contributed by atoms with Gasteiger partial charge < -0.3 is 8.83 Å². The van der Waals surface area contributed by atoms with Crippen molar-refractivity contribution in [2.24, 2.45) is 0 Å². The van der Waals surface area contributed by atoms with Gasteiger partial charge >= 0.3 is 0 Å². The van der Waals surface area contributed by atoms with Gasteiger partial charge in [0.05, 0.1) is 16.5 Å². The second kappa shape index (κ2) is 6.23. The highest BCUT2D eigenvalue weighted by molar-refractivity contribution is 7.21. The molecule has 3 aromatic heterocycles. The summed E-state index contributed by atoms with van der Waals surface area (Å²) in [6, 6.07) is 16.3. The molecule has 0 fully saturated rings. The topological polar surface area (TPSA) is 80.0 Å². The molecule has 0 saturated heterocycles. The number of furan rings is 2. The molecule has 0 unspecified atom stereocenters. The Hall–Kier alpha value is -3.43. The fraction of sp³-hybridized carbons (Fsp3) is 0. The molecular formula is C19H10N2O3S. The van der Waals surface area contributed by atoms with E-state index < -0.39 is 5.78 Å². The molecular weight excluding hydrogens is 336 g/mol. The maximum absolute atomic E-state index is 12.2. The van der Waals surface area contributed by atoms with Crippen molar-refractivity contribution in [2.75, 3.05) is 0 Å². The zero-order valence-corrected chi connectivity index (χ0v) is 13.6. The lowest BCUT2D eigenvalue weighted by Crippen LogP contribution is -1.99. The van der Waals surface area contributed by atoms with E-state index in [2.05, 4.69) is 4.98 Å². The number of hydrogen-bond acceptors (Lipinski definition) is 6. The quantitative estimate of drug-likeness (QED) is 0.297. The minimum absolute atomic E-state index is 0.0554. The van der Waals surface area contributed by atoms with E-state index in [1.165, 1.54) is 29.7 Å². The summed E-state index contributed by atoms with van der Waals surface area (Å²) >= 11 is 1.52. The number of ketones is 1. The molecule has 6 heteroatoms. The maximum atomic E-state index is 12.2. The van der Waals surface area contributed by atoms with E-state index in [0.29, 0.717) is 11.5 Å². The first-order valence-corrected chi connectivity index (χ1v) is 8.22. The Bertz CT molecular complexity index is 1090. The van der Waals surface area contributed by atoms with Gasteiger partial charge in [-0.2, -0.15) is 5.26 Å². The van der Waals surface area contributed by atoms with E-state index in [-0.39, 0.29) is 11.3 Å². The van der Waals surface area contributed by atoms with Gasteiger partial charge in [0.2, 0.25) is 5.78 Å². The minimum Gasteiger partial charge on any atom is -0.461 e. The lowest BCUT2D eigenvalue weighted by atomic mass is 10.1. The van der Waals surface area contributed by atoms with Gasteiger partial charge in [0, 0.05) is 6.08 Å². The second-order valence-electron chi connectivity index (χ2n) is 5.16. The molecule has 0 atom stereocenters. The fourth-order valence-electron chi connectivity index (χ4n) is 2.35. The molecule has 0 saturated carbocycles. The van der Waals surface area contributed by atoms with E-state index >= 15 is 0 Å². The molecule has 0 aliphatic rings. The predicted octanol–water partition coefficient (Wildman–Crippen LogP) is 4.94. The Balaban J connectivity index is 1.66. The molecule has 1 aromatic carbocycles. The SMILES string of the molecule is N#C/C(=C\c1ccc(-c2nc3ccccc3s2)o1)C(=O)c1ccco1. The zero-order chi connectivity index (χ0) is 17.2.